The summed E-state index contributed by atoms with van der Waals surface area (Å²) in [6.07, 6.45) is 3.54. The summed E-state index contributed by atoms with van der Waals surface area (Å²) in [5.74, 6) is 0.924. The summed E-state index contributed by atoms with van der Waals surface area (Å²) < 4.78 is 0. The smallest absolute Gasteiger partial charge is 0.133 e. The molecule has 2 rings (SSSR count). The van der Waals surface area contributed by atoms with E-state index in [2.05, 4.69) is 45.0 Å². The molecule has 112 valence electrons. The van der Waals surface area contributed by atoms with Crippen LogP contribution in [0.4, 0.5) is 0 Å². The molecule has 2 aromatic rings. The highest BCUT2D eigenvalue weighted by Crippen LogP contribution is 2.16. The number of aryl methyl sites for hydroxylation is 3. The van der Waals surface area contributed by atoms with Crippen LogP contribution in [0.5, 0.6) is 0 Å². The molecule has 0 radical (unpaired) electrons. The third-order valence-electron chi connectivity index (χ3n) is 3.77. The number of nitrogens with zero attached hydrogens (tertiary/aromatic N) is 2. The van der Waals surface area contributed by atoms with Crippen molar-refractivity contribution in [1.29, 1.82) is 0 Å². The summed E-state index contributed by atoms with van der Waals surface area (Å²) in [6, 6.07) is 8.59. The molecule has 2 N–H and O–H groups in total. The first-order chi connectivity index (χ1) is 10.2. The molecule has 0 aliphatic heterocycles. The van der Waals surface area contributed by atoms with Crippen molar-refractivity contribution in [1.82, 2.24) is 9.97 Å². The predicted octanol–water partition coefficient (Wildman–Crippen LogP) is 3.00. The maximum atomic E-state index is 5.73. The van der Waals surface area contributed by atoms with Gasteiger partial charge in [0, 0.05) is 17.8 Å². The Hall–Kier alpha value is -1.74. The van der Waals surface area contributed by atoms with Crippen LogP contribution in [0.1, 0.15) is 47.8 Å². The van der Waals surface area contributed by atoms with Gasteiger partial charge in [-0.1, -0.05) is 43.7 Å². The molecule has 0 unspecified atom stereocenters. The number of nitrogens with two attached hydrogens (primary N) is 1. The molecule has 21 heavy (non-hydrogen) atoms. The van der Waals surface area contributed by atoms with Crippen molar-refractivity contribution in [2.45, 2.75) is 46.5 Å². The molecule has 0 saturated heterocycles. The highest BCUT2D eigenvalue weighted by Gasteiger charge is 2.12. The first kappa shape index (κ1) is 15.6. The van der Waals surface area contributed by atoms with Crippen molar-refractivity contribution in [2.24, 2.45) is 5.73 Å². The average Bonchev–Trinajstić information content (AvgIpc) is 2.50. The third-order valence-corrected chi connectivity index (χ3v) is 3.77. The predicted molar refractivity (Wildman–Crippen MR) is 87.5 cm³/mol. The summed E-state index contributed by atoms with van der Waals surface area (Å²) >= 11 is 0. The molecule has 1 heterocycles. The van der Waals surface area contributed by atoms with E-state index in [0.717, 1.165) is 42.9 Å². The van der Waals surface area contributed by atoms with Gasteiger partial charge in [0.1, 0.15) is 5.82 Å². The van der Waals surface area contributed by atoms with E-state index in [0.29, 0.717) is 6.54 Å². The highest BCUT2D eigenvalue weighted by atomic mass is 14.9. The van der Waals surface area contributed by atoms with Gasteiger partial charge in [0.2, 0.25) is 0 Å². The summed E-state index contributed by atoms with van der Waals surface area (Å²) in [5, 5.41) is 0. The van der Waals surface area contributed by atoms with Gasteiger partial charge < -0.3 is 5.73 Å². The number of hydrogen-bond donors (Lipinski definition) is 1. The van der Waals surface area contributed by atoms with Gasteiger partial charge in [0.25, 0.3) is 0 Å². The van der Waals surface area contributed by atoms with Crippen molar-refractivity contribution in [3.63, 3.8) is 0 Å². The summed E-state index contributed by atoms with van der Waals surface area (Å²) in [7, 11) is 0. The maximum absolute atomic E-state index is 5.73. The fourth-order valence-corrected chi connectivity index (χ4v) is 2.62. The normalized spacial score (nSPS) is 10.9. The molecule has 0 aliphatic carbocycles. The van der Waals surface area contributed by atoms with Crippen LogP contribution in [0.15, 0.2) is 24.3 Å². The van der Waals surface area contributed by atoms with Crippen molar-refractivity contribution in [2.75, 3.05) is 6.54 Å². The van der Waals surface area contributed by atoms with Crippen molar-refractivity contribution in [3.05, 3.63) is 58.2 Å². The second kappa shape index (κ2) is 7.32. The third kappa shape index (κ3) is 3.88. The molecule has 0 amide bonds. The van der Waals surface area contributed by atoms with E-state index in [4.69, 9.17) is 15.7 Å². The van der Waals surface area contributed by atoms with Gasteiger partial charge in [0.05, 0.1) is 0 Å². The number of aromatic nitrogens is 2. The Kier molecular flexibility index (Phi) is 5.45. The first-order valence-electron chi connectivity index (χ1n) is 7.81. The quantitative estimate of drug-likeness (QED) is 0.886. The Bertz CT molecular complexity index is 563. The van der Waals surface area contributed by atoms with Gasteiger partial charge in [0.15, 0.2) is 0 Å². The molecular weight excluding hydrogens is 258 g/mol. The van der Waals surface area contributed by atoms with E-state index in [9.17, 15) is 0 Å². The van der Waals surface area contributed by atoms with Gasteiger partial charge in [-0.3, -0.25) is 0 Å². The van der Waals surface area contributed by atoms with E-state index in [1.807, 2.05) is 0 Å². The zero-order valence-corrected chi connectivity index (χ0v) is 13.3. The van der Waals surface area contributed by atoms with Crippen LogP contribution >= 0.6 is 0 Å². The molecule has 3 heteroatoms. The summed E-state index contributed by atoms with van der Waals surface area (Å²) in [6.45, 7) is 7.06. The molecule has 0 spiro atoms. The van der Waals surface area contributed by atoms with Gasteiger partial charge in [-0.25, -0.2) is 9.97 Å². The number of benzene rings is 1. The lowest BCUT2D eigenvalue weighted by molar-refractivity contribution is 0.802. The zero-order valence-electron chi connectivity index (χ0n) is 13.3. The monoisotopic (exact) mass is 283 g/mol. The largest absolute Gasteiger partial charge is 0.330 e. The maximum Gasteiger partial charge on any atom is 0.133 e. The fraction of sp³-hybridized carbons (Fsp3) is 0.444. The van der Waals surface area contributed by atoms with Crippen LogP contribution < -0.4 is 5.73 Å². The van der Waals surface area contributed by atoms with Crippen LogP contribution in [-0.4, -0.2) is 16.5 Å². The van der Waals surface area contributed by atoms with Crippen LogP contribution in [0, 0.1) is 6.92 Å². The topological polar surface area (TPSA) is 51.8 Å². The molecule has 0 fully saturated rings. The minimum atomic E-state index is 0.653. The highest BCUT2D eigenvalue weighted by molar-refractivity contribution is 5.29. The molecule has 0 bridgehead atoms. The molecule has 1 aromatic carbocycles. The van der Waals surface area contributed by atoms with Crippen LogP contribution in [0.2, 0.25) is 0 Å². The first-order valence-corrected chi connectivity index (χ1v) is 7.81. The Morgan fingerprint density at radius 1 is 0.952 bits per heavy atom. The van der Waals surface area contributed by atoms with Crippen LogP contribution in [0.3, 0.4) is 0 Å². The molecule has 3 nitrogen and oxygen atoms in total. The van der Waals surface area contributed by atoms with E-state index in [1.165, 1.54) is 16.7 Å². The minimum Gasteiger partial charge on any atom is -0.330 e. The molecule has 0 atom stereocenters. The number of hydrogen-bond acceptors (Lipinski definition) is 3. The van der Waals surface area contributed by atoms with E-state index in [-0.39, 0.29) is 0 Å². The fourth-order valence-electron chi connectivity index (χ4n) is 2.62. The molecular formula is C18H25N3. The van der Waals surface area contributed by atoms with Crippen molar-refractivity contribution >= 4 is 0 Å². The minimum absolute atomic E-state index is 0.653. The Morgan fingerprint density at radius 3 is 2.00 bits per heavy atom. The van der Waals surface area contributed by atoms with Gasteiger partial charge in [-0.2, -0.15) is 0 Å². The van der Waals surface area contributed by atoms with Gasteiger partial charge in [-0.15, -0.1) is 0 Å². The van der Waals surface area contributed by atoms with Crippen molar-refractivity contribution in [3.8, 4) is 0 Å². The Labute approximate surface area is 127 Å². The molecule has 0 aliphatic rings. The lowest BCUT2D eigenvalue weighted by atomic mass is 10.0. The standard InChI is InChI=1S/C18H25N3/c1-4-16-15(10-11-19)17(5-2)21-18(20-16)12-14-8-6-13(3)7-9-14/h6-9H,4-5,10-12,19H2,1-3H3. The summed E-state index contributed by atoms with van der Waals surface area (Å²) in [5.41, 5.74) is 11.8. The van der Waals surface area contributed by atoms with Gasteiger partial charge >= 0.3 is 0 Å². The SMILES string of the molecule is CCc1nc(Cc2ccc(C)cc2)nc(CC)c1CCN. The lowest BCUT2D eigenvalue weighted by Gasteiger charge is -2.13. The molecule has 0 saturated carbocycles. The Balaban J connectivity index is 2.33. The van der Waals surface area contributed by atoms with Crippen molar-refractivity contribution < 1.29 is 0 Å². The van der Waals surface area contributed by atoms with Crippen LogP contribution in [-0.2, 0) is 25.7 Å². The van der Waals surface area contributed by atoms with Gasteiger partial charge in [-0.05, 0) is 43.9 Å². The van der Waals surface area contributed by atoms with E-state index >= 15 is 0 Å². The lowest BCUT2D eigenvalue weighted by Crippen LogP contribution is -2.13. The zero-order chi connectivity index (χ0) is 15.2. The second-order valence-corrected chi connectivity index (χ2v) is 5.42. The second-order valence-electron chi connectivity index (χ2n) is 5.42. The van der Waals surface area contributed by atoms with Crippen LogP contribution in [0.25, 0.3) is 0 Å². The summed E-state index contributed by atoms with van der Waals surface area (Å²) in [4.78, 5) is 9.54. The van der Waals surface area contributed by atoms with E-state index in [1.54, 1.807) is 0 Å². The van der Waals surface area contributed by atoms with E-state index < -0.39 is 0 Å². The Morgan fingerprint density at radius 2 is 1.52 bits per heavy atom. The number of rotatable bonds is 6. The molecule has 1 aromatic heterocycles. The average molecular weight is 283 g/mol.